The minimum absolute atomic E-state index is 0.0794. The molecule has 0 atom stereocenters. The van der Waals surface area contributed by atoms with Gasteiger partial charge in [-0.25, -0.2) is 0 Å². The maximum absolute atomic E-state index is 13.4. The van der Waals surface area contributed by atoms with Gasteiger partial charge >= 0.3 is 5.97 Å². The van der Waals surface area contributed by atoms with Crippen LogP contribution in [0.25, 0.3) is 0 Å². The predicted octanol–water partition coefficient (Wildman–Crippen LogP) is 5.89. The molecule has 0 bridgehead atoms. The number of fused-ring (bicyclic) bond motifs is 1. The summed E-state index contributed by atoms with van der Waals surface area (Å²) in [4.78, 5) is 39.3. The van der Waals surface area contributed by atoms with E-state index in [-0.39, 0.29) is 18.1 Å². The zero-order chi connectivity index (χ0) is 24.8. The van der Waals surface area contributed by atoms with Gasteiger partial charge in [-0.1, -0.05) is 59.7 Å². The van der Waals surface area contributed by atoms with Gasteiger partial charge in [0.2, 0.25) is 0 Å². The van der Waals surface area contributed by atoms with Gasteiger partial charge in [0.25, 0.3) is 5.91 Å². The van der Waals surface area contributed by atoms with Crippen LogP contribution >= 0.6 is 23.1 Å². The van der Waals surface area contributed by atoms with Crippen LogP contribution in [0, 0.1) is 13.8 Å². The molecule has 5 nitrogen and oxygen atoms in total. The number of ketones is 1. The highest BCUT2D eigenvalue weighted by Gasteiger charge is 2.27. The second kappa shape index (κ2) is 11.7. The third-order valence-electron chi connectivity index (χ3n) is 5.90. The predicted molar refractivity (Wildman–Crippen MR) is 143 cm³/mol. The fourth-order valence-corrected chi connectivity index (χ4v) is 6.22. The third-order valence-corrected chi connectivity index (χ3v) is 8.08. The second-order valence-electron chi connectivity index (χ2n) is 8.80. The zero-order valence-corrected chi connectivity index (χ0v) is 21.7. The number of amides is 1. The van der Waals surface area contributed by atoms with E-state index in [1.165, 1.54) is 28.7 Å². The maximum Gasteiger partial charge on any atom is 0.316 e. The van der Waals surface area contributed by atoms with E-state index in [0.29, 0.717) is 21.9 Å². The number of carbonyl (C=O) groups excluding carboxylic acids is 3. The van der Waals surface area contributed by atoms with Crippen molar-refractivity contribution in [1.29, 1.82) is 0 Å². The van der Waals surface area contributed by atoms with Crippen molar-refractivity contribution in [3.63, 3.8) is 0 Å². The summed E-state index contributed by atoms with van der Waals surface area (Å²) in [5.74, 6) is -0.0676. The van der Waals surface area contributed by atoms with E-state index in [0.717, 1.165) is 47.3 Å². The Morgan fingerprint density at radius 2 is 1.77 bits per heavy atom. The maximum atomic E-state index is 13.4. The van der Waals surface area contributed by atoms with Crippen molar-refractivity contribution in [2.45, 2.75) is 45.3 Å². The minimum atomic E-state index is -0.432. The van der Waals surface area contributed by atoms with Crippen LogP contribution in [-0.4, -0.2) is 30.0 Å². The number of ether oxygens (including phenoxy) is 1. The number of benzene rings is 2. The molecule has 1 aliphatic rings. The monoisotopic (exact) mass is 507 g/mol. The van der Waals surface area contributed by atoms with Crippen LogP contribution in [0.5, 0.6) is 0 Å². The first-order valence-electron chi connectivity index (χ1n) is 11.8. The van der Waals surface area contributed by atoms with Gasteiger partial charge in [0.05, 0.1) is 11.3 Å². The number of aryl methyl sites for hydroxylation is 3. The Hall–Kier alpha value is -2.90. The molecule has 0 saturated carbocycles. The van der Waals surface area contributed by atoms with Crippen molar-refractivity contribution in [3.8, 4) is 0 Å². The van der Waals surface area contributed by atoms with Crippen LogP contribution in [-0.2, 0) is 32.9 Å². The fourth-order valence-electron chi connectivity index (χ4n) is 4.15. The lowest BCUT2D eigenvalue weighted by atomic mass is 9.91. The van der Waals surface area contributed by atoms with Gasteiger partial charge in [-0.2, -0.15) is 0 Å². The number of hydrogen-bond acceptors (Lipinski definition) is 6. The lowest BCUT2D eigenvalue weighted by molar-refractivity contribution is -0.144. The molecule has 0 unspecified atom stereocenters. The molecule has 2 aromatic carbocycles. The molecule has 35 heavy (non-hydrogen) atoms. The van der Waals surface area contributed by atoms with Crippen LogP contribution in [0.1, 0.15) is 55.9 Å². The van der Waals surface area contributed by atoms with Crippen LogP contribution in [0.15, 0.2) is 48.5 Å². The van der Waals surface area contributed by atoms with Gasteiger partial charge in [-0.3, -0.25) is 14.4 Å². The molecule has 4 rings (SSSR count). The van der Waals surface area contributed by atoms with Gasteiger partial charge in [-0.05, 0) is 50.7 Å². The number of rotatable bonds is 9. The normalized spacial score (nSPS) is 12.6. The smallest absolute Gasteiger partial charge is 0.316 e. The quantitative estimate of drug-likeness (QED) is 0.289. The lowest BCUT2D eigenvalue weighted by Gasteiger charge is -2.13. The summed E-state index contributed by atoms with van der Waals surface area (Å²) in [5, 5.41) is 3.40. The Morgan fingerprint density at radius 3 is 2.54 bits per heavy atom. The molecule has 0 aliphatic heterocycles. The Labute approximate surface area is 214 Å². The Balaban J connectivity index is 1.36. The average molecular weight is 508 g/mol. The highest BCUT2D eigenvalue weighted by atomic mass is 32.2. The third kappa shape index (κ3) is 6.61. The number of anilines is 1. The summed E-state index contributed by atoms with van der Waals surface area (Å²) in [6.07, 6.45) is 3.86. The number of thiophene rings is 1. The van der Waals surface area contributed by atoms with Crippen molar-refractivity contribution < 1.29 is 19.1 Å². The van der Waals surface area contributed by atoms with E-state index in [9.17, 15) is 14.4 Å². The summed E-state index contributed by atoms with van der Waals surface area (Å²) in [5.41, 5.74) is 5.65. The summed E-state index contributed by atoms with van der Waals surface area (Å²) >= 11 is 2.92. The molecule has 3 aromatic rings. The molecule has 0 fully saturated rings. The van der Waals surface area contributed by atoms with Gasteiger partial charge in [0, 0.05) is 16.2 Å². The van der Waals surface area contributed by atoms with Crippen molar-refractivity contribution in [1.82, 2.24) is 0 Å². The summed E-state index contributed by atoms with van der Waals surface area (Å²) in [6, 6.07) is 15.6. The highest BCUT2D eigenvalue weighted by molar-refractivity contribution is 7.99. The molecule has 0 radical (unpaired) electrons. The second-order valence-corrected chi connectivity index (χ2v) is 10.9. The SMILES string of the molecule is Cc1ccc(C(=O)c2c(NC(=O)COC(=O)CSCc3cccc(C)c3)sc3c2CCCC3)cc1. The van der Waals surface area contributed by atoms with Gasteiger partial charge in [0.15, 0.2) is 12.4 Å². The van der Waals surface area contributed by atoms with Crippen molar-refractivity contribution in [3.05, 3.63) is 86.8 Å². The summed E-state index contributed by atoms with van der Waals surface area (Å²) in [7, 11) is 0. The lowest BCUT2D eigenvalue weighted by Crippen LogP contribution is -2.22. The molecule has 0 spiro atoms. The Bertz CT molecular complexity index is 1230. The van der Waals surface area contributed by atoms with E-state index < -0.39 is 11.9 Å². The van der Waals surface area contributed by atoms with Gasteiger partial charge in [-0.15, -0.1) is 23.1 Å². The Kier molecular flexibility index (Phi) is 8.42. The first kappa shape index (κ1) is 25.2. The number of esters is 1. The van der Waals surface area contributed by atoms with E-state index >= 15 is 0 Å². The standard InChI is InChI=1S/C28H29NO4S2/c1-18-10-12-21(13-11-18)27(32)26-22-8-3-4-9-23(22)35-28(26)29-24(30)15-33-25(31)17-34-16-20-7-5-6-19(2)14-20/h5-7,10-14H,3-4,8-9,15-17H2,1-2H3,(H,29,30). The molecule has 1 aromatic heterocycles. The van der Waals surface area contributed by atoms with E-state index in [4.69, 9.17) is 4.74 Å². The van der Waals surface area contributed by atoms with Gasteiger partial charge in [0.1, 0.15) is 5.00 Å². The summed E-state index contributed by atoms with van der Waals surface area (Å²) in [6.45, 7) is 3.64. The van der Waals surface area contributed by atoms with Crippen molar-refractivity contribution in [2.75, 3.05) is 17.7 Å². The number of hydrogen-bond donors (Lipinski definition) is 1. The highest BCUT2D eigenvalue weighted by Crippen LogP contribution is 2.39. The Morgan fingerprint density at radius 1 is 1.00 bits per heavy atom. The molecule has 1 N–H and O–H groups in total. The molecule has 7 heteroatoms. The largest absolute Gasteiger partial charge is 0.455 e. The van der Waals surface area contributed by atoms with Crippen LogP contribution in [0.3, 0.4) is 0 Å². The summed E-state index contributed by atoms with van der Waals surface area (Å²) < 4.78 is 5.19. The van der Waals surface area contributed by atoms with Crippen molar-refractivity contribution in [2.24, 2.45) is 0 Å². The van der Waals surface area contributed by atoms with E-state index in [2.05, 4.69) is 11.4 Å². The van der Waals surface area contributed by atoms with Crippen LogP contribution in [0.2, 0.25) is 0 Å². The number of thioether (sulfide) groups is 1. The van der Waals surface area contributed by atoms with Gasteiger partial charge < -0.3 is 10.1 Å². The zero-order valence-electron chi connectivity index (χ0n) is 20.0. The van der Waals surface area contributed by atoms with Crippen molar-refractivity contribution >= 4 is 45.8 Å². The van der Waals surface area contributed by atoms with Crippen LogP contribution < -0.4 is 5.32 Å². The number of carbonyl (C=O) groups is 3. The molecule has 0 saturated heterocycles. The molecule has 182 valence electrons. The number of nitrogens with one attached hydrogen (secondary N) is 1. The van der Waals surface area contributed by atoms with Crippen LogP contribution in [0.4, 0.5) is 5.00 Å². The van der Waals surface area contributed by atoms with E-state index in [1.807, 2.05) is 56.3 Å². The van der Waals surface area contributed by atoms with E-state index in [1.54, 1.807) is 0 Å². The molecular formula is C28H29NO4S2. The molecule has 1 aliphatic carbocycles. The first-order valence-corrected chi connectivity index (χ1v) is 13.7. The minimum Gasteiger partial charge on any atom is -0.455 e. The fraction of sp³-hybridized carbons (Fsp3) is 0.321. The molecular weight excluding hydrogens is 478 g/mol. The first-order chi connectivity index (χ1) is 16.9. The molecule has 1 amide bonds. The average Bonchev–Trinajstić information content (AvgIpc) is 3.20. The molecule has 1 heterocycles. The topological polar surface area (TPSA) is 72.5 Å².